The molecule has 0 aliphatic carbocycles. The number of ether oxygens (including phenoxy) is 3. The molecule has 0 aromatic rings. The van der Waals surface area contributed by atoms with Crippen LogP contribution in [-0.2, 0) is 19.0 Å². The highest BCUT2D eigenvalue weighted by molar-refractivity contribution is 5.86. The number of carbonyl (C=O) groups excluding carboxylic acids is 1. The van der Waals surface area contributed by atoms with Crippen LogP contribution in [0.2, 0.25) is 0 Å². The molecular weight excluding hydrogens is 184 g/mol. The molecular formula is C10H16O4. The van der Waals surface area contributed by atoms with E-state index >= 15 is 0 Å². The van der Waals surface area contributed by atoms with Crippen LogP contribution < -0.4 is 0 Å². The fraction of sp³-hybridized carbons (Fsp3) is 0.700. The van der Waals surface area contributed by atoms with Crippen LogP contribution in [0.4, 0.5) is 0 Å². The smallest absolute Gasteiger partial charge is 0.333 e. The van der Waals surface area contributed by atoms with Crippen molar-refractivity contribution in [2.45, 2.75) is 32.7 Å². The molecule has 14 heavy (non-hydrogen) atoms. The fourth-order valence-electron chi connectivity index (χ4n) is 0.906. The minimum Gasteiger partial charge on any atom is -0.459 e. The second kappa shape index (κ2) is 5.12. The van der Waals surface area contributed by atoms with E-state index in [9.17, 15) is 4.79 Å². The molecule has 1 heterocycles. The summed E-state index contributed by atoms with van der Waals surface area (Å²) in [6.07, 6.45) is 0.677. The Morgan fingerprint density at radius 1 is 1.57 bits per heavy atom. The number of esters is 1. The molecule has 0 spiro atoms. The third-order valence-corrected chi connectivity index (χ3v) is 1.75. The first-order valence-electron chi connectivity index (χ1n) is 4.74. The van der Waals surface area contributed by atoms with Crippen molar-refractivity contribution in [3.8, 4) is 0 Å². The minimum absolute atomic E-state index is 0.0927. The number of hydrogen-bond acceptors (Lipinski definition) is 4. The van der Waals surface area contributed by atoms with E-state index < -0.39 is 0 Å². The van der Waals surface area contributed by atoms with Gasteiger partial charge in [0.25, 0.3) is 0 Å². The highest BCUT2D eigenvalue weighted by Gasteiger charge is 2.40. The van der Waals surface area contributed by atoms with Gasteiger partial charge in [0.2, 0.25) is 0 Å². The first-order valence-corrected chi connectivity index (χ1v) is 4.74. The van der Waals surface area contributed by atoms with E-state index in [1.807, 2.05) is 6.92 Å². The van der Waals surface area contributed by atoms with E-state index in [-0.39, 0.29) is 25.0 Å². The zero-order valence-corrected chi connectivity index (χ0v) is 8.62. The van der Waals surface area contributed by atoms with Gasteiger partial charge in [-0.3, -0.25) is 0 Å². The summed E-state index contributed by atoms with van der Waals surface area (Å²) >= 11 is 0. The summed E-state index contributed by atoms with van der Waals surface area (Å²) in [5.41, 5.74) is 0.400. The standard InChI is InChI=1S/C10H16O4/c1-4-5-12-10-8(14-10)6-13-9(11)7(2)3/h8,10H,2,4-6H2,1,3H3. The lowest BCUT2D eigenvalue weighted by atomic mass is 10.4. The molecule has 0 saturated carbocycles. The van der Waals surface area contributed by atoms with E-state index in [1.54, 1.807) is 6.92 Å². The highest BCUT2D eigenvalue weighted by atomic mass is 16.8. The number of epoxide rings is 1. The van der Waals surface area contributed by atoms with Gasteiger partial charge in [0, 0.05) is 12.2 Å². The topological polar surface area (TPSA) is 48.1 Å². The maximum Gasteiger partial charge on any atom is 0.333 e. The quantitative estimate of drug-likeness (QED) is 0.368. The summed E-state index contributed by atoms with van der Waals surface area (Å²) in [5.74, 6) is -0.380. The van der Waals surface area contributed by atoms with Gasteiger partial charge < -0.3 is 14.2 Å². The third-order valence-electron chi connectivity index (χ3n) is 1.75. The lowest BCUT2D eigenvalue weighted by Gasteiger charge is -2.01. The molecule has 4 heteroatoms. The Kier molecular flexibility index (Phi) is 4.10. The van der Waals surface area contributed by atoms with Crippen LogP contribution in [0.15, 0.2) is 12.2 Å². The van der Waals surface area contributed by atoms with Crippen LogP contribution in [0.1, 0.15) is 20.3 Å². The average Bonchev–Trinajstić information content (AvgIpc) is 2.89. The van der Waals surface area contributed by atoms with Gasteiger partial charge in [-0.2, -0.15) is 0 Å². The largest absolute Gasteiger partial charge is 0.459 e. The van der Waals surface area contributed by atoms with E-state index in [4.69, 9.17) is 14.2 Å². The monoisotopic (exact) mass is 200 g/mol. The SMILES string of the molecule is C=C(C)C(=O)OCC1OC1OCCC. The maximum atomic E-state index is 11.0. The summed E-state index contributed by atoms with van der Waals surface area (Å²) in [7, 11) is 0. The zero-order valence-electron chi connectivity index (χ0n) is 8.62. The number of carbonyl (C=O) groups is 1. The Balaban J connectivity index is 2.05. The van der Waals surface area contributed by atoms with Gasteiger partial charge in [0.1, 0.15) is 12.7 Å². The Morgan fingerprint density at radius 3 is 2.86 bits per heavy atom. The number of hydrogen-bond donors (Lipinski definition) is 0. The third kappa shape index (κ3) is 3.47. The van der Waals surface area contributed by atoms with Gasteiger partial charge in [0.15, 0.2) is 6.29 Å². The molecule has 0 bridgehead atoms. The molecule has 0 N–H and O–H groups in total. The summed E-state index contributed by atoms with van der Waals surface area (Å²) < 4.78 is 15.3. The van der Waals surface area contributed by atoms with Crippen molar-refractivity contribution in [3.63, 3.8) is 0 Å². The Bertz CT molecular complexity index is 224. The Morgan fingerprint density at radius 2 is 2.29 bits per heavy atom. The Hall–Kier alpha value is -0.870. The Labute approximate surface area is 83.8 Å². The van der Waals surface area contributed by atoms with Crippen LogP contribution in [0.5, 0.6) is 0 Å². The van der Waals surface area contributed by atoms with E-state index in [0.29, 0.717) is 12.2 Å². The summed E-state index contributed by atoms with van der Waals surface area (Å²) in [6, 6.07) is 0. The molecule has 1 aliphatic heterocycles. The predicted molar refractivity (Wildman–Crippen MR) is 50.7 cm³/mol. The van der Waals surface area contributed by atoms with Crippen molar-refractivity contribution >= 4 is 5.97 Å². The molecule has 80 valence electrons. The van der Waals surface area contributed by atoms with Crippen molar-refractivity contribution in [1.82, 2.24) is 0 Å². The second-order valence-corrected chi connectivity index (χ2v) is 3.29. The lowest BCUT2D eigenvalue weighted by molar-refractivity contribution is -0.139. The number of rotatable bonds is 6. The van der Waals surface area contributed by atoms with Crippen molar-refractivity contribution < 1.29 is 19.0 Å². The van der Waals surface area contributed by atoms with Gasteiger partial charge in [-0.1, -0.05) is 13.5 Å². The van der Waals surface area contributed by atoms with Gasteiger partial charge in [-0.25, -0.2) is 4.79 Å². The van der Waals surface area contributed by atoms with Crippen LogP contribution in [0.25, 0.3) is 0 Å². The first kappa shape index (κ1) is 11.2. The summed E-state index contributed by atoms with van der Waals surface area (Å²) in [4.78, 5) is 11.0. The molecule has 0 radical (unpaired) electrons. The molecule has 4 nitrogen and oxygen atoms in total. The molecule has 1 fully saturated rings. The molecule has 0 aromatic heterocycles. The van der Waals surface area contributed by atoms with Crippen molar-refractivity contribution in [1.29, 1.82) is 0 Å². The van der Waals surface area contributed by atoms with Crippen LogP contribution >= 0.6 is 0 Å². The van der Waals surface area contributed by atoms with Gasteiger partial charge in [-0.05, 0) is 13.3 Å². The van der Waals surface area contributed by atoms with E-state index in [0.717, 1.165) is 6.42 Å². The van der Waals surface area contributed by atoms with Crippen molar-refractivity contribution in [2.75, 3.05) is 13.2 Å². The first-order chi connectivity index (χ1) is 6.65. The van der Waals surface area contributed by atoms with Gasteiger partial charge in [0.05, 0.1) is 0 Å². The molecule has 1 aliphatic rings. The van der Waals surface area contributed by atoms with Crippen molar-refractivity contribution in [2.24, 2.45) is 0 Å². The van der Waals surface area contributed by atoms with E-state index in [2.05, 4.69) is 6.58 Å². The summed E-state index contributed by atoms with van der Waals surface area (Å²) in [5, 5.41) is 0. The van der Waals surface area contributed by atoms with Gasteiger partial charge in [-0.15, -0.1) is 0 Å². The minimum atomic E-state index is -0.380. The second-order valence-electron chi connectivity index (χ2n) is 3.29. The van der Waals surface area contributed by atoms with Crippen LogP contribution in [-0.4, -0.2) is 31.6 Å². The van der Waals surface area contributed by atoms with Crippen LogP contribution in [0.3, 0.4) is 0 Å². The normalized spacial score (nSPS) is 24.4. The molecule has 0 amide bonds. The van der Waals surface area contributed by atoms with Crippen LogP contribution in [0, 0.1) is 0 Å². The fourth-order valence-corrected chi connectivity index (χ4v) is 0.906. The van der Waals surface area contributed by atoms with Gasteiger partial charge >= 0.3 is 5.97 Å². The highest BCUT2D eigenvalue weighted by Crippen LogP contribution is 2.23. The molecule has 1 rings (SSSR count). The lowest BCUT2D eigenvalue weighted by Crippen LogP contribution is -2.12. The maximum absolute atomic E-state index is 11.0. The molecule has 2 unspecified atom stereocenters. The molecule has 2 atom stereocenters. The zero-order chi connectivity index (χ0) is 10.6. The predicted octanol–water partition coefficient (Wildman–Crippen LogP) is 1.26. The molecule has 1 saturated heterocycles. The van der Waals surface area contributed by atoms with Crippen molar-refractivity contribution in [3.05, 3.63) is 12.2 Å². The average molecular weight is 200 g/mol. The van der Waals surface area contributed by atoms with E-state index in [1.165, 1.54) is 0 Å². The molecule has 0 aromatic carbocycles. The summed E-state index contributed by atoms with van der Waals surface area (Å²) in [6.45, 7) is 8.04.